The smallest absolute Gasteiger partial charge is 0.273 e. The summed E-state index contributed by atoms with van der Waals surface area (Å²) in [5, 5.41) is 5.57. The average Bonchev–Trinajstić information content (AvgIpc) is 3.10. The lowest BCUT2D eigenvalue weighted by Crippen LogP contribution is -2.41. The number of aryl methyl sites for hydroxylation is 1. The Morgan fingerprint density at radius 3 is 2.92 bits per heavy atom. The Bertz CT molecular complexity index is 684. The molecule has 1 aliphatic rings. The molecule has 1 aromatic carbocycles. The molecule has 1 amide bonds. The van der Waals surface area contributed by atoms with E-state index in [2.05, 4.69) is 17.2 Å². The predicted octanol–water partition coefficient (Wildman–Crippen LogP) is 3.42. The summed E-state index contributed by atoms with van der Waals surface area (Å²) in [4.78, 5) is 18.8. The molecule has 1 aliphatic heterocycles. The predicted molar refractivity (Wildman–Crippen MR) is 97.0 cm³/mol. The zero-order chi connectivity index (χ0) is 16.9. The van der Waals surface area contributed by atoms with Crippen LogP contribution in [0.3, 0.4) is 0 Å². The number of benzene rings is 1. The zero-order valence-electron chi connectivity index (χ0n) is 14.1. The molecule has 1 N–H and O–H groups in total. The molecule has 1 atom stereocenters. The van der Waals surface area contributed by atoms with Crippen molar-refractivity contribution >= 4 is 22.4 Å². The minimum Gasteiger partial charge on any atom is -0.493 e. The summed E-state index contributed by atoms with van der Waals surface area (Å²) in [5.41, 5.74) is 1.76. The van der Waals surface area contributed by atoms with E-state index in [4.69, 9.17) is 4.74 Å². The fourth-order valence-electron chi connectivity index (χ4n) is 2.88. The van der Waals surface area contributed by atoms with E-state index >= 15 is 0 Å². The molecule has 0 saturated carbocycles. The quantitative estimate of drug-likeness (QED) is 0.902. The molecule has 2 aromatic rings. The third kappa shape index (κ3) is 4.06. The van der Waals surface area contributed by atoms with Crippen molar-refractivity contribution in [2.24, 2.45) is 5.92 Å². The summed E-state index contributed by atoms with van der Waals surface area (Å²) in [5.74, 6) is 1.28. The molecule has 1 saturated heterocycles. The highest BCUT2D eigenvalue weighted by Crippen LogP contribution is 2.22. The summed E-state index contributed by atoms with van der Waals surface area (Å²) in [7, 11) is 1.81. The van der Waals surface area contributed by atoms with Crippen molar-refractivity contribution in [3.63, 3.8) is 0 Å². The van der Waals surface area contributed by atoms with E-state index in [-0.39, 0.29) is 5.91 Å². The van der Waals surface area contributed by atoms with Gasteiger partial charge in [0.15, 0.2) is 5.13 Å². The molecule has 5 nitrogen and oxygen atoms in total. The number of aromatic nitrogens is 1. The Morgan fingerprint density at radius 1 is 1.42 bits per heavy atom. The van der Waals surface area contributed by atoms with Crippen LogP contribution in [0.4, 0.5) is 5.13 Å². The van der Waals surface area contributed by atoms with E-state index in [0.29, 0.717) is 18.2 Å². The van der Waals surface area contributed by atoms with Crippen molar-refractivity contribution in [2.45, 2.75) is 19.8 Å². The third-order valence-corrected chi connectivity index (χ3v) is 5.11. The highest BCUT2D eigenvalue weighted by molar-refractivity contribution is 7.13. The molecule has 128 valence electrons. The number of rotatable bonds is 5. The van der Waals surface area contributed by atoms with Crippen molar-refractivity contribution < 1.29 is 9.53 Å². The Balaban J connectivity index is 1.55. The van der Waals surface area contributed by atoms with Gasteiger partial charge in [-0.25, -0.2) is 4.98 Å². The zero-order valence-corrected chi connectivity index (χ0v) is 14.9. The number of likely N-dealkylation sites (tertiary alicyclic amines) is 1. The highest BCUT2D eigenvalue weighted by atomic mass is 32.1. The second-order valence-electron chi connectivity index (χ2n) is 6.17. The van der Waals surface area contributed by atoms with Gasteiger partial charge in [0.2, 0.25) is 0 Å². The van der Waals surface area contributed by atoms with Crippen LogP contribution in [0.5, 0.6) is 5.75 Å². The summed E-state index contributed by atoms with van der Waals surface area (Å²) >= 11 is 1.46. The maximum absolute atomic E-state index is 12.6. The average molecular weight is 345 g/mol. The maximum Gasteiger partial charge on any atom is 0.273 e. The van der Waals surface area contributed by atoms with Crippen molar-refractivity contribution in [1.29, 1.82) is 0 Å². The van der Waals surface area contributed by atoms with Crippen LogP contribution in [-0.2, 0) is 0 Å². The van der Waals surface area contributed by atoms with Gasteiger partial charge >= 0.3 is 0 Å². The topological polar surface area (TPSA) is 54.5 Å². The van der Waals surface area contributed by atoms with E-state index in [0.717, 1.165) is 36.8 Å². The number of hydrogen-bond donors (Lipinski definition) is 1. The number of nitrogens with zero attached hydrogens (tertiary/aromatic N) is 2. The van der Waals surface area contributed by atoms with Gasteiger partial charge in [-0.3, -0.25) is 4.79 Å². The fourth-order valence-corrected chi connectivity index (χ4v) is 3.53. The van der Waals surface area contributed by atoms with Crippen molar-refractivity contribution in [3.05, 3.63) is 40.9 Å². The second-order valence-corrected chi connectivity index (χ2v) is 7.03. The van der Waals surface area contributed by atoms with Crippen LogP contribution in [0, 0.1) is 12.8 Å². The molecule has 1 fully saturated rings. The third-order valence-electron chi connectivity index (χ3n) is 4.25. The number of carbonyl (C=O) groups excluding carboxylic acids is 1. The van der Waals surface area contributed by atoms with Crippen LogP contribution in [0.25, 0.3) is 0 Å². The normalized spacial score (nSPS) is 17.6. The number of piperidine rings is 1. The molecule has 0 aliphatic carbocycles. The largest absolute Gasteiger partial charge is 0.493 e. The van der Waals surface area contributed by atoms with Gasteiger partial charge in [0.05, 0.1) is 6.61 Å². The summed E-state index contributed by atoms with van der Waals surface area (Å²) in [6.45, 7) is 4.24. The number of carbonyl (C=O) groups is 1. The summed E-state index contributed by atoms with van der Waals surface area (Å²) in [6, 6.07) is 8.09. The molecule has 6 heteroatoms. The van der Waals surface area contributed by atoms with Crippen molar-refractivity contribution in [2.75, 3.05) is 32.1 Å². The molecular formula is C18H23N3O2S. The lowest BCUT2D eigenvalue weighted by molar-refractivity contribution is 0.0628. The van der Waals surface area contributed by atoms with E-state index in [9.17, 15) is 4.79 Å². The SMILES string of the molecule is CNc1nc(C(=O)N2CCC[C@@H](COc3ccc(C)cc3)C2)cs1. The standard InChI is InChI=1S/C18H23N3O2S/c1-13-5-7-15(8-6-13)23-11-14-4-3-9-21(10-14)17(22)16-12-24-18(19-2)20-16/h5-8,12,14H,3-4,9-11H2,1-2H3,(H,19,20)/t14-/m1/s1. The molecule has 1 aromatic heterocycles. The maximum atomic E-state index is 12.6. The number of amides is 1. The van der Waals surface area contributed by atoms with Gasteiger partial charge in [-0.05, 0) is 31.9 Å². The molecule has 0 bridgehead atoms. The van der Waals surface area contributed by atoms with Gasteiger partial charge in [-0.15, -0.1) is 11.3 Å². The first-order chi connectivity index (χ1) is 11.7. The first-order valence-electron chi connectivity index (χ1n) is 8.27. The van der Waals surface area contributed by atoms with Gasteiger partial charge in [-0.2, -0.15) is 0 Å². The van der Waals surface area contributed by atoms with Gasteiger partial charge in [0.25, 0.3) is 5.91 Å². The number of hydrogen-bond acceptors (Lipinski definition) is 5. The molecule has 2 heterocycles. The van der Waals surface area contributed by atoms with Gasteiger partial charge in [-0.1, -0.05) is 17.7 Å². The lowest BCUT2D eigenvalue weighted by atomic mass is 9.98. The highest BCUT2D eigenvalue weighted by Gasteiger charge is 2.26. The minimum atomic E-state index is 0.0211. The minimum absolute atomic E-state index is 0.0211. The molecule has 3 rings (SSSR count). The Hall–Kier alpha value is -2.08. The molecular weight excluding hydrogens is 322 g/mol. The Kier molecular flexibility index (Phi) is 5.35. The van der Waals surface area contributed by atoms with Crippen molar-refractivity contribution in [1.82, 2.24) is 9.88 Å². The number of ether oxygens (including phenoxy) is 1. The Labute approximate surface area is 146 Å². The van der Waals surface area contributed by atoms with E-state index < -0.39 is 0 Å². The molecule has 0 spiro atoms. The van der Waals surface area contributed by atoms with Crippen molar-refractivity contribution in [3.8, 4) is 5.75 Å². The summed E-state index contributed by atoms with van der Waals surface area (Å²) < 4.78 is 5.89. The van der Waals surface area contributed by atoms with E-state index in [1.54, 1.807) is 0 Å². The second kappa shape index (κ2) is 7.66. The van der Waals surface area contributed by atoms with Crippen LogP contribution in [-0.4, -0.2) is 42.5 Å². The monoisotopic (exact) mass is 345 g/mol. The number of thiazole rings is 1. The molecule has 0 unspecified atom stereocenters. The first kappa shape index (κ1) is 16.8. The molecule has 0 radical (unpaired) electrons. The first-order valence-corrected chi connectivity index (χ1v) is 9.15. The number of anilines is 1. The van der Waals surface area contributed by atoms with Gasteiger partial charge in [0, 0.05) is 31.4 Å². The van der Waals surface area contributed by atoms with Gasteiger partial charge in [0.1, 0.15) is 11.4 Å². The van der Waals surface area contributed by atoms with Crippen LogP contribution < -0.4 is 10.1 Å². The number of nitrogens with one attached hydrogen (secondary N) is 1. The lowest BCUT2D eigenvalue weighted by Gasteiger charge is -2.32. The van der Waals surface area contributed by atoms with Crippen LogP contribution >= 0.6 is 11.3 Å². The van der Waals surface area contributed by atoms with Gasteiger partial charge < -0.3 is 15.0 Å². The van der Waals surface area contributed by atoms with Crippen LogP contribution in [0.2, 0.25) is 0 Å². The van der Waals surface area contributed by atoms with E-state index in [1.807, 2.05) is 41.6 Å². The van der Waals surface area contributed by atoms with Crippen LogP contribution in [0.1, 0.15) is 28.9 Å². The summed E-state index contributed by atoms with van der Waals surface area (Å²) in [6.07, 6.45) is 2.10. The molecule has 24 heavy (non-hydrogen) atoms. The Morgan fingerprint density at radius 2 is 2.21 bits per heavy atom. The van der Waals surface area contributed by atoms with Crippen LogP contribution in [0.15, 0.2) is 29.6 Å². The fraction of sp³-hybridized carbons (Fsp3) is 0.444. The van der Waals surface area contributed by atoms with E-state index in [1.165, 1.54) is 16.9 Å².